The Kier molecular flexibility index (Phi) is 4.58. The van der Waals surface area contributed by atoms with E-state index in [-0.39, 0.29) is 0 Å². The normalized spacial score (nSPS) is 12.2. The Morgan fingerprint density at radius 2 is 2.31 bits per heavy atom. The van der Waals surface area contributed by atoms with Crippen LogP contribution in [0.4, 0.5) is 0 Å². The van der Waals surface area contributed by atoms with Crippen molar-refractivity contribution in [2.45, 2.75) is 19.4 Å². The third-order valence-electron chi connectivity index (χ3n) is 2.09. The molecule has 0 aromatic heterocycles. The standard InChI is InChI=1S/C11H14ClNO3/c1-7(11(14)15)16-10-3-2-9(12)6-8(10)4-5-13/h2-3,6-7H,4-5,13H2,1H3,(H,14,15). The molecular formula is C11H14ClNO3. The highest BCUT2D eigenvalue weighted by Gasteiger charge is 2.14. The van der Waals surface area contributed by atoms with E-state index in [1.165, 1.54) is 6.92 Å². The second-order valence-electron chi connectivity index (χ2n) is 3.39. The van der Waals surface area contributed by atoms with Crippen molar-refractivity contribution in [2.24, 2.45) is 5.73 Å². The first-order valence-corrected chi connectivity index (χ1v) is 5.30. The summed E-state index contributed by atoms with van der Waals surface area (Å²) >= 11 is 5.84. The smallest absolute Gasteiger partial charge is 0.344 e. The maximum Gasteiger partial charge on any atom is 0.344 e. The molecule has 88 valence electrons. The fraction of sp³-hybridized carbons (Fsp3) is 0.364. The molecule has 16 heavy (non-hydrogen) atoms. The van der Waals surface area contributed by atoms with Crippen LogP contribution >= 0.6 is 11.6 Å². The second-order valence-corrected chi connectivity index (χ2v) is 3.83. The van der Waals surface area contributed by atoms with Crippen molar-refractivity contribution in [1.82, 2.24) is 0 Å². The maximum absolute atomic E-state index is 10.7. The molecule has 5 heteroatoms. The lowest BCUT2D eigenvalue weighted by molar-refractivity contribution is -0.144. The second kappa shape index (κ2) is 5.72. The van der Waals surface area contributed by atoms with Crippen LogP contribution in [-0.4, -0.2) is 23.7 Å². The third kappa shape index (κ3) is 3.40. The molecule has 4 nitrogen and oxygen atoms in total. The summed E-state index contributed by atoms with van der Waals surface area (Å²) in [5.41, 5.74) is 6.28. The van der Waals surface area contributed by atoms with Crippen LogP contribution in [-0.2, 0) is 11.2 Å². The molecule has 0 spiro atoms. The predicted molar refractivity (Wildman–Crippen MR) is 61.9 cm³/mol. The molecule has 1 rings (SSSR count). The fourth-order valence-electron chi connectivity index (χ4n) is 1.25. The number of carboxylic acid groups (broad SMARTS) is 1. The van der Waals surface area contributed by atoms with Crippen LogP contribution < -0.4 is 10.5 Å². The van der Waals surface area contributed by atoms with E-state index in [1.807, 2.05) is 0 Å². The third-order valence-corrected chi connectivity index (χ3v) is 2.32. The Morgan fingerprint density at radius 1 is 1.62 bits per heavy atom. The Bertz CT molecular complexity index is 381. The van der Waals surface area contributed by atoms with Crippen molar-refractivity contribution in [2.75, 3.05) is 6.54 Å². The highest BCUT2D eigenvalue weighted by atomic mass is 35.5. The van der Waals surface area contributed by atoms with Gasteiger partial charge in [0.25, 0.3) is 0 Å². The van der Waals surface area contributed by atoms with Crippen LogP contribution in [0.5, 0.6) is 5.75 Å². The van der Waals surface area contributed by atoms with Crippen LogP contribution in [0.15, 0.2) is 18.2 Å². The molecule has 1 unspecified atom stereocenters. The summed E-state index contributed by atoms with van der Waals surface area (Å²) < 4.78 is 5.30. The Labute approximate surface area is 99.0 Å². The number of hydrogen-bond acceptors (Lipinski definition) is 3. The number of halogens is 1. The van der Waals surface area contributed by atoms with Crippen LogP contribution in [0.3, 0.4) is 0 Å². The van der Waals surface area contributed by atoms with Gasteiger partial charge in [-0.2, -0.15) is 0 Å². The van der Waals surface area contributed by atoms with Crippen molar-refractivity contribution < 1.29 is 14.6 Å². The van der Waals surface area contributed by atoms with Gasteiger partial charge < -0.3 is 15.6 Å². The molecule has 0 saturated heterocycles. The summed E-state index contributed by atoms with van der Waals surface area (Å²) in [5.74, 6) is -0.488. The zero-order valence-corrected chi connectivity index (χ0v) is 9.70. The van der Waals surface area contributed by atoms with E-state index in [0.29, 0.717) is 23.7 Å². The van der Waals surface area contributed by atoms with Gasteiger partial charge in [-0.1, -0.05) is 11.6 Å². The van der Waals surface area contributed by atoms with Gasteiger partial charge in [0.15, 0.2) is 6.10 Å². The molecule has 0 amide bonds. The van der Waals surface area contributed by atoms with E-state index in [4.69, 9.17) is 27.2 Å². The Morgan fingerprint density at radius 3 is 2.88 bits per heavy atom. The van der Waals surface area contributed by atoms with E-state index in [9.17, 15) is 4.79 Å². The van der Waals surface area contributed by atoms with E-state index < -0.39 is 12.1 Å². The first-order chi connectivity index (χ1) is 7.54. The van der Waals surface area contributed by atoms with Crippen LogP contribution in [0.25, 0.3) is 0 Å². The minimum Gasteiger partial charge on any atom is -0.479 e. The lowest BCUT2D eigenvalue weighted by atomic mass is 10.1. The van der Waals surface area contributed by atoms with Gasteiger partial charge in [0.2, 0.25) is 0 Å². The minimum atomic E-state index is -1.01. The zero-order valence-electron chi connectivity index (χ0n) is 8.94. The molecule has 0 saturated carbocycles. The van der Waals surface area contributed by atoms with E-state index in [0.717, 1.165) is 5.56 Å². The summed E-state index contributed by atoms with van der Waals surface area (Å²) in [7, 11) is 0. The van der Waals surface area contributed by atoms with Gasteiger partial charge in [0.1, 0.15) is 5.75 Å². The van der Waals surface area contributed by atoms with E-state index in [1.54, 1.807) is 18.2 Å². The molecule has 0 radical (unpaired) electrons. The summed E-state index contributed by atoms with van der Waals surface area (Å²) in [6.07, 6.45) is -0.292. The van der Waals surface area contributed by atoms with E-state index >= 15 is 0 Å². The quantitative estimate of drug-likeness (QED) is 0.826. The highest BCUT2D eigenvalue weighted by molar-refractivity contribution is 6.30. The average Bonchev–Trinajstić information content (AvgIpc) is 2.22. The fourth-order valence-corrected chi connectivity index (χ4v) is 1.45. The number of nitrogens with two attached hydrogens (primary N) is 1. The van der Waals surface area contributed by atoms with Crippen molar-refractivity contribution in [3.05, 3.63) is 28.8 Å². The van der Waals surface area contributed by atoms with Gasteiger partial charge in [-0.25, -0.2) is 4.79 Å². The SMILES string of the molecule is CC(Oc1ccc(Cl)cc1CCN)C(=O)O. The lowest BCUT2D eigenvalue weighted by Gasteiger charge is -2.14. The average molecular weight is 244 g/mol. The Hall–Kier alpha value is -1.26. The van der Waals surface area contributed by atoms with Crippen molar-refractivity contribution in [1.29, 1.82) is 0 Å². The Balaban J connectivity index is 2.89. The van der Waals surface area contributed by atoms with Crippen molar-refractivity contribution in [3.8, 4) is 5.75 Å². The van der Waals surface area contributed by atoms with Gasteiger partial charge in [-0.3, -0.25) is 0 Å². The van der Waals surface area contributed by atoms with Gasteiger partial charge in [0, 0.05) is 5.02 Å². The number of benzene rings is 1. The number of ether oxygens (including phenoxy) is 1. The number of aliphatic carboxylic acids is 1. The summed E-state index contributed by atoms with van der Waals surface area (Å²) in [6.45, 7) is 1.93. The largest absolute Gasteiger partial charge is 0.479 e. The maximum atomic E-state index is 10.7. The molecule has 1 aromatic rings. The highest BCUT2D eigenvalue weighted by Crippen LogP contribution is 2.24. The number of hydrogen-bond donors (Lipinski definition) is 2. The number of carboxylic acids is 1. The van der Waals surface area contributed by atoms with E-state index in [2.05, 4.69) is 0 Å². The van der Waals surface area contributed by atoms with Crippen molar-refractivity contribution >= 4 is 17.6 Å². The molecule has 0 bridgehead atoms. The zero-order chi connectivity index (χ0) is 12.1. The lowest BCUT2D eigenvalue weighted by Crippen LogP contribution is -2.23. The molecule has 3 N–H and O–H groups in total. The van der Waals surface area contributed by atoms with Crippen LogP contribution in [0.1, 0.15) is 12.5 Å². The van der Waals surface area contributed by atoms with Crippen LogP contribution in [0, 0.1) is 0 Å². The first-order valence-electron chi connectivity index (χ1n) is 4.92. The van der Waals surface area contributed by atoms with Crippen molar-refractivity contribution in [3.63, 3.8) is 0 Å². The molecular weight excluding hydrogens is 230 g/mol. The van der Waals surface area contributed by atoms with Gasteiger partial charge in [0.05, 0.1) is 0 Å². The van der Waals surface area contributed by atoms with Crippen LogP contribution in [0.2, 0.25) is 5.02 Å². The predicted octanol–water partition coefficient (Wildman–Crippen LogP) is 1.69. The molecule has 0 aliphatic heterocycles. The monoisotopic (exact) mass is 243 g/mol. The minimum absolute atomic E-state index is 0.457. The topological polar surface area (TPSA) is 72.5 Å². The number of rotatable bonds is 5. The summed E-state index contributed by atoms with van der Waals surface area (Å²) in [6, 6.07) is 5.05. The number of carbonyl (C=O) groups is 1. The van der Waals surface area contributed by atoms with Gasteiger partial charge in [-0.05, 0) is 43.7 Å². The molecule has 0 aliphatic rings. The summed E-state index contributed by atoms with van der Waals surface area (Å²) in [4.78, 5) is 10.7. The van der Waals surface area contributed by atoms with Gasteiger partial charge >= 0.3 is 5.97 Å². The van der Waals surface area contributed by atoms with Gasteiger partial charge in [-0.15, -0.1) is 0 Å². The summed E-state index contributed by atoms with van der Waals surface area (Å²) in [5, 5.41) is 9.33. The first kappa shape index (κ1) is 12.8. The molecule has 1 atom stereocenters. The molecule has 0 fully saturated rings. The molecule has 1 aromatic carbocycles. The molecule has 0 aliphatic carbocycles. The molecule has 0 heterocycles.